The van der Waals surface area contributed by atoms with E-state index in [2.05, 4.69) is 77.7 Å². The monoisotopic (exact) mass is 566 g/mol. The van der Waals surface area contributed by atoms with Crippen molar-refractivity contribution in [2.24, 2.45) is 0 Å². The molecule has 0 aliphatic carbocycles. The summed E-state index contributed by atoms with van der Waals surface area (Å²) in [6, 6.07) is 43.6. The van der Waals surface area contributed by atoms with Gasteiger partial charge in [-0.2, -0.15) is 0 Å². The molecule has 0 radical (unpaired) electrons. The van der Waals surface area contributed by atoms with Crippen molar-refractivity contribution in [3.63, 3.8) is 0 Å². The normalized spacial score (nSPS) is 12.1. The summed E-state index contributed by atoms with van der Waals surface area (Å²) in [6.07, 6.45) is 1.87. The largest absolute Gasteiger partial charge is 0.456 e. The molecule has 4 heterocycles. The first kappa shape index (κ1) is 23.5. The Morgan fingerprint density at radius 1 is 0.455 bits per heavy atom. The number of hydrogen-bond donors (Lipinski definition) is 0. The molecule has 0 amide bonds. The molecule has 0 unspecified atom stereocenters. The Morgan fingerprint density at radius 3 is 1.95 bits per heavy atom. The fraction of sp³-hybridized carbons (Fsp3) is 0. The Labute approximate surface area is 250 Å². The molecule has 6 aromatic carbocycles. The molecule has 0 spiro atoms. The van der Waals surface area contributed by atoms with Gasteiger partial charge in [0.2, 0.25) is 0 Å². The Morgan fingerprint density at radius 2 is 1.09 bits per heavy atom. The van der Waals surface area contributed by atoms with Crippen LogP contribution in [-0.2, 0) is 0 Å². The lowest BCUT2D eigenvalue weighted by atomic mass is 10.1. The van der Waals surface area contributed by atoms with E-state index in [1.807, 2.05) is 60.8 Å². The SMILES string of the molecule is c1ccc2c(c1)ccc1oc3c(N(c4ccc5c(c4)oc4ccccc45)c4ccc5oc6ccccc6c5c4)ccnc3c12. The van der Waals surface area contributed by atoms with Crippen molar-refractivity contribution in [2.75, 3.05) is 4.90 Å². The first-order valence-corrected chi connectivity index (χ1v) is 14.6. The Bertz CT molecular complexity index is 2750. The number of anilines is 3. The molecule has 0 fully saturated rings. The van der Waals surface area contributed by atoms with Crippen LogP contribution in [0.4, 0.5) is 17.1 Å². The van der Waals surface area contributed by atoms with Gasteiger partial charge in [-0.05, 0) is 65.4 Å². The first-order valence-electron chi connectivity index (χ1n) is 14.6. The molecule has 4 aromatic heterocycles. The van der Waals surface area contributed by atoms with Gasteiger partial charge in [0.05, 0.1) is 16.8 Å². The van der Waals surface area contributed by atoms with E-state index < -0.39 is 0 Å². The molecule has 0 aliphatic heterocycles. The maximum atomic E-state index is 6.65. The molecular weight excluding hydrogens is 544 g/mol. The van der Waals surface area contributed by atoms with Crippen molar-refractivity contribution in [1.82, 2.24) is 4.98 Å². The molecule has 0 atom stereocenters. The highest BCUT2D eigenvalue weighted by Crippen LogP contribution is 2.45. The summed E-state index contributed by atoms with van der Waals surface area (Å²) in [6.45, 7) is 0. The number of fused-ring (bicyclic) bond motifs is 11. The quantitative estimate of drug-likeness (QED) is 0.213. The molecule has 0 saturated carbocycles. The maximum Gasteiger partial charge on any atom is 0.177 e. The maximum absolute atomic E-state index is 6.65. The second kappa shape index (κ2) is 8.72. The summed E-state index contributed by atoms with van der Waals surface area (Å²) < 4.78 is 19.2. The van der Waals surface area contributed by atoms with Crippen LogP contribution in [-0.4, -0.2) is 4.98 Å². The summed E-state index contributed by atoms with van der Waals surface area (Å²) in [5.74, 6) is 0. The molecule has 0 saturated heterocycles. The Balaban J connectivity index is 1.28. The van der Waals surface area contributed by atoms with Crippen molar-refractivity contribution in [3.8, 4) is 0 Å². The lowest BCUT2D eigenvalue weighted by molar-refractivity contribution is 0.667. The van der Waals surface area contributed by atoms with Gasteiger partial charge in [-0.3, -0.25) is 4.98 Å². The van der Waals surface area contributed by atoms with Crippen molar-refractivity contribution < 1.29 is 13.3 Å². The average molecular weight is 567 g/mol. The number of pyridine rings is 1. The standard InChI is InChI=1S/C39H22N2O3/c1-2-8-26-23(7-1)13-17-35-37(26)38-39(44-35)31(19-20-40-38)41(24-15-18-34-30(21-24)28-10-4-6-12-33(28)42-34)25-14-16-29-27-9-3-5-11-32(27)43-36(29)22-25/h1-22H. The molecule has 0 N–H and O–H groups in total. The fourth-order valence-electron chi connectivity index (χ4n) is 6.72. The minimum absolute atomic E-state index is 0.723. The van der Waals surface area contributed by atoms with Gasteiger partial charge >= 0.3 is 0 Å². The van der Waals surface area contributed by atoms with Crippen LogP contribution in [0, 0.1) is 0 Å². The van der Waals surface area contributed by atoms with Gasteiger partial charge in [0, 0.05) is 39.5 Å². The zero-order valence-electron chi connectivity index (χ0n) is 23.3. The third-order valence-electron chi connectivity index (χ3n) is 8.70. The number of hydrogen-bond acceptors (Lipinski definition) is 5. The predicted molar refractivity (Wildman–Crippen MR) is 178 cm³/mol. The molecule has 10 rings (SSSR count). The van der Waals surface area contributed by atoms with E-state index in [1.165, 1.54) is 0 Å². The summed E-state index contributed by atoms with van der Waals surface area (Å²) in [5, 5.41) is 7.59. The number of aromatic nitrogens is 1. The van der Waals surface area contributed by atoms with Gasteiger partial charge in [-0.15, -0.1) is 0 Å². The average Bonchev–Trinajstić information content (AvgIpc) is 3.76. The van der Waals surface area contributed by atoms with Crippen LogP contribution in [0.2, 0.25) is 0 Å². The highest BCUT2D eigenvalue weighted by Gasteiger charge is 2.23. The van der Waals surface area contributed by atoms with Crippen LogP contribution in [0.3, 0.4) is 0 Å². The third-order valence-corrected chi connectivity index (χ3v) is 8.70. The molecule has 0 aliphatic rings. The zero-order chi connectivity index (χ0) is 28.8. The zero-order valence-corrected chi connectivity index (χ0v) is 23.3. The number of nitrogens with zero attached hydrogens (tertiary/aromatic N) is 2. The van der Waals surface area contributed by atoms with Crippen LogP contribution in [0.25, 0.3) is 76.7 Å². The smallest absolute Gasteiger partial charge is 0.177 e. The Kier molecular flexibility index (Phi) is 4.66. The molecule has 44 heavy (non-hydrogen) atoms. The Hall–Kier alpha value is -6.07. The lowest BCUT2D eigenvalue weighted by Gasteiger charge is -2.25. The van der Waals surface area contributed by atoms with Crippen LogP contribution in [0.5, 0.6) is 0 Å². The highest BCUT2D eigenvalue weighted by atomic mass is 16.3. The van der Waals surface area contributed by atoms with Gasteiger partial charge in [0.25, 0.3) is 0 Å². The minimum Gasteiger partial charge on any atom is -0.456 e. The van der Waals surface area contributed by atoms with E-state index in [0.717, 1.165) is 93.8 Å². The molecule has 206 valence electrons. The highest BCUT2D eigenvalue weighted by molar-refractivity contribution is 6.19. The second-order valence-corrected chi connectivity index (χ2v) is 11.2. The van der Waals surface area contributed by atoms with Gasteiger partial charge in [0.15, 0.2) is 5.58 Å². The topological polar surface area (TPSA) is 55.6 Å². The van der Waals surface area contributed by atoms with E-state index in [0.29, 0.717) is 0 Å². The number of furan rings is 3. The van der Waals surface area contributed by atoms with Crippen molar-refractivity contribution >= 4 is 93.8 Å². The number of benzene rings is 6. The van der Waals surface area contributed by atoms with E-state index in [-0.39, 0.29) is 0 Å². The van der Waals surface area contributed by atoms with Gasteiger partial charge in [0.1, 0.15) is 33.4 Å². The first-order chi connectivity index (χ1) is 21.8. The molecular formula is C39H22N2O3. The van der Waals surface area contributed by atoms with Crippen molar-refractivity contribution in [2.45, 2.75) is 0 Å². The van der Waals surface area contributed by atoms with E-state index in [9.17, 15) is 0 Å². The van der Waals surface area contributed by atoms with Crippen molar-refractivity contribution in [1.29, 1.82) is 0 Å². The van der Waals surface area contributed by atoms with Gasteiger partial charge in [-0.1, -0.05) is 66.7 Å². The molecule has 10 aromatic rings. The molecule has 0 bridgehead atoms. The summed E-state index contributed by atoms with van der Waals surface area (Å²) in [7, 11) is 0. The predicted octanol–water partition coefficient (Wildman–Crippen LogP) is 11.4. The minimum atomic E-state index is 0.723. The van der Waals surface area contributed by atoms with Crippen LogP contribution in [0.1, 0.15) is 0 Å². The van der Waals surface area contributed by atoms with E-state index in [1.54, 1.807) is 0 Å². The van der Waals surface area contributed by atoms with Crippen LogP contribution < -0.4 is 4.90 Å². The molecule has 5 nitrogen and oxygen atoms in total. The number of rotatable bonds is 3. The number of para-hydroxylation sites is 2. The van der Waals surface area contributed by atoms with Crippen LogP contribution in [0.15, 0.2) is 147 Å². The lowest BCUT2D eigenvalue weighted by Crippen LogP contribution is -2.10. The summed E-state index contributed by atoms with van der Waals surface area (Å²) >= 11 is 0. The van der Waals surface area contributed by atoms with E-state index in [4.69, 9.17) is 18.2 Å². The van der Waals surface area contributed by atoms with Crippen LogP contribution >= 0.6 is 0 Å². The second-order valence-electron chi connectivity index (χ2n) is 11.2. The third kappa shape index (κ3) is 3.26. The summed E-state index contributed by atoms with van der Waals surface area (Å²) in [5.41, 5.74) is 8.57. The van der Waals surface area contributed by atoms with Gasteiger partial charge < -0.3 is 18.2 Å². The summed E-state index contributed by atoms with van der Waals surface area (Å²) in [4.78, 5) is 7.08. The molecule has 5 heteroatoms. The van der Waals surface area contributed by atoms with Gasteiger partial charge in [-0.25, -0.2) is 0 Å². The fourth-order valence-corrected chi connectivity index (χ4v) is 6.72. The van der Waals surface area contributed by atoms with Crippen molar-refractivity contribution in [3.05, 3.63) is 134 Å². The van der Waals surface area contributed by atoms with E-state index >= 15 is 0 Å².